The molecule has 2 amide bonds. The van der Waals surface area contributed by atoms with E-state index in [4.69, 9.17) is 11.6 Å². The zero-order valence-corrected chi connectivity index (χ0v) is 19.3. The Morgan fingerprint density at radius 3 is 2.56 bits per heavy atom. The van der Waals surface area contributed by atoms with Gasteiger partial charge in [0.2, 0.25) is 0 Å². The number of halogens is 1. The number of carbonyl (C=O) groups excluding carboxylic acids is 2. The van der Waals surface area contributed by atoms with Crippen molar-refractivity contribution in [3.63, 3.8) is 0 Å². The van der Waals surface area contributed by atoms with Gasteiger partial charge in [-0.1, -0.05) is 30.5 Å². The lowest BCUT2D eigenvalue weighted by Crippen LogP contribution is -2.53. The lowest BCUT2D eigenvalue weighted by molar-refractivity contribution is 0.0860. The van der Waals surface area contributed by atoms with Crippen molar-refractivity contribution in [1.82, 2.24) is 25.5 Å². The molecule has 32 heavy (non-hydrogen) atoms. The highest BCUT2D eigenvalue weighted by Gasteiger charge is 2.30. The van der Waals surface area contributed by atoms with Crippen LogP contribution in [-0.4, -0.2) is 45.8 Å². The fraction of sp³-hybridized carbons (Fsp3) is 0.391. The summed E-state index contributed by atoms with van der Waals surface area (Å²) in [6.45, 7) is 1.62. The van der Waals surface area contributed by atoms with E-state index in [1.54, 1.807) is 18.3 Å². The molecule has 2 aromatic heterocycles. The smallest absolute Gasteiger partial charge is 0.280 e. The van der Waals surface area contributed by atoms with Gasteiger partial charge in [0.1, 0.15) is 5.69 Å². The fourth-order valence-corrected chi connectivity index (χ4v) is 5.70. The van der Waals surface area contributed by atoms with E-state index in [0.717, 1.165) is 60.1 Å². The van der Waals surface area contributed by atoms with E-state index in [1.807, 2.05) is 19.2 Å². The molecule has 5 rings (SSSR count). The zero-order chi connectivity index (χ0) is 22.2. The molecule has 0 bridgehead atoms. The molecule has 9 heteroatoms. The third-order valence-corrected chi connectivity index (χ3v) is 7.44. The standard InChI is InChI=1S/C23H24ClN5O2S/c1-29-11-19-20(12-29)32-23(28-19)22(31)27-17-5-3-2-4-16(17)26-21(30)18-9-13-6-7-15(24)8-14(13)10-25-18/h6-10,16-17H,2-5,11-12H2,1H3,(H,26,30)(H,27,31)/t16-,17+/m0/s1. The molecule has 2 aliphatic rings. The Bertz CT molecular complexity index is 1170. The molecule has 2 atom stereocenters. The van der Waals surface area contributed by atoms with E-state index in [1.165, 1.54) is 11.3 Å². The molecular weight excluding hydrogens is 446 g/mol. The molecule has 1 aliphatic heterocycles. The molecule has 1 aromatic carbocycles. The summed E-state index contributed by atoms with van der Waals surface area (Å²) in [6, 6.07) is 7.01. The van der Waals surface area contributed by atoms with Gasteiger partial charge in [-0.05, 0) is 43.5 Å². The number of fused-ring (bicyclic) bond motifs is 2. The topological polar surface area (TPSA) is 87.2 Å². The predicted octanol–water partition coefficient (Wildman–Crippen LogP) is 3.76. The summed E-state index contributed by atoms with van der Waals surface area (Å²) < 4.78 is 0. The summed E-state index contributed by atoms with van der Waals surface area (Å²) in [5.74, 6) is -0.386. The first-order chi connectivity index (χ1) is 15.5. The largest absolute Gasteiger partial charge is 0.346 e. The number of thiazole rings is 1. The van der Waals surface area contributed by atoms with Crippen molar-refractivity contribution in [1.29, 1.82) is 0 Å². The number of nitrogens with one attached hydrogen (secondary N) is 2. The molecule has 1 aliphatic carbocycles. The number of aromatic nitrogens is 2. The minimum atomic E-state index is -0.232. The van der Waals surface area contributed by atoms with Gasteiger partial charge in [0, 0.05) is 46.7 Å². The van der Waals surface area contributed by atoms with E-state index in [2.05, 4.69) is 25.5 Å². The molecule has 2 N–H and O–H groups in total. The van der Waals surface area contributed by atoms with Crippen LogP contribution in [0.25, 0.3) is 10.8 Å². The van der Waals surface area contributed by atoms with Crippen LogP contribution in [0.1, 0.15) is 56.5 Å². The third-order valence-electron chi connectivity index (χ3n) is 6.12. The molecule has 0 radical (unpaired) electrons. The lowest BCUT2D eigenvalue weighted by atomic mass is 9.90. The van der Waals surface area contributed by atoms with Crippen molar-refractivity contribution < 1.29 is 9.59 Å². The van der Waals surface area contributed by atoms with Crippen molar-refractivity contribution in [3.05, 3.63) is 56.8 Å². The first-order valence-electron chi connectivity index (χ1n) is 10.8. The Kier molecular flexibility index (Phi) is 5.84. The van der Waals surface area contributed by atoms with Gasteiger partial charge in [0.25, 0.3) is 11.8 Å². The number of carbonyl (C=O) groups is 2. The van der Waals surface area contributed by atoms with Gasteiger partial charge in [-0.2, -0.15) is 0 Å². The van der Waals surface area contributed by atoms with E-state index >= 15 is 0 Å². The Balaban J connectivity index is 1.27. The Morgan fingerprint density at radius 1 is 1.06 bits per heavy atom. The summed E-state index contributed by atoms with van der Waals surface area (Å²) in [4.78, 5) is 38.0. The highest BCUT2D eigenvalue weighted by molar-refractivity contribution is 7.13. The van der Waals surface area contributed by atoms with Crippen molar-refractivity contribution in [3.8, 4) is 0 Å². The lowest BCUT2D eigenvalue weighted by Gasteiger charge is -2.32. The van der Waals surface area contributed by atoms with Gasteiger partial charge >= 0.3 is 0 Å². The minimum Gasteiger partial charge on any atom is -0.346 e. The number of hydrogen-bond acceptors (Lipinski definition) is 6. The summed E-state index contributed by atoms with van der Waals surface area (Å²) in [5.41, 5.74) is 1.36. The molecular formula is C23H24ClN5O2S. The molecule has 3 heterocycles. The first kappa shape index (κ1) is 21.3. The Labute approximate surface area is 195 Å². The molecule has 0 unspecified atom stereocenters. The summed E-state index contributed by atoms with van der Waals surface area (Å²) >= 11 is 7.50. The quantitative estimate of drug-likeness (QED) is 0.607. The van der Waals surface area contributed by atoms with E-state index in [-0.39, 0.29) is 23.9 Å². The van der Waals surface area contributed by atoms with Crippen LogP contribution < -0.4 is 10.6 Å². The maximum Gasteiger partial charge on any atom is 0.280 e. The van der Waals surface area contributed by atoms with E-state index in [0.29, 0.717) is 15.7 Å². The van der Waals surface area contributed by atoms with Crippen LogP contribution >= 0.6 is 22.9 Å². The molecule has 166 valence electrons. The van der Waals surface area contributed by atoms with Gasteiger partial charge in [-0.3, -0.25) is 19.5 Å². The van der Waals surface area contributed by atoms with Crippen LogP contribution in [0.4, 0.5) is 0 Å². The highest BCUT2D eigenvalue weighted by atomic mass is 35.5. The Hall–Kier alpha value is -2.55. The fourth-order valence-electron chi connectivity index (χ4n) is 4.47. The van der Waals surface area contributed by atoms with Gasteiger partial charge in [-0.15, -0.1) is 11.3 Å². The predicted molar refractivity (Wildman–Crippen MR) is 125 cm³/mol. The van der Waals surface area contributed by atoms with Gasteiger partial charge in [-0.25, -0.2) is 4.98 Å². The molecule has 7 nitrogen and oxygen atoms in total. The van der Waals surface area contributed by atoms with Crippen molar-refractivity contribution in [2.24, 2.45) is 0 Å². The average Bonchev–Trinajstić information content (AvgIpc) is 3.32. The summed E-state index contributed by atoms with van der Waals surface area (Å²) in [6.07, 6.45) is 5.34. The van der Waals surface area contributed by atoms with E-state index in [9.17, 15) is 9.59 Å². The van der Waals surface area contributed by atoms with Crippen molar-refractivity contribution >= 4 is 45.5 Å². The number of benzene rings is 1. The van der Waals surface area contributed by atoms with Gasteiger partial charge < -0.3 is 10.6 Å². The number of hydrogen-bond donors (Lipinski definition) is 2. The van der Waals surface area contributed by atoms with Crippen LogP contribution in [-0.2, 0) is 13.1 Å². The number of nitrogens with zero attached hydrogens (tertiary/aromatic N) is 3. The van der Waals surface area contributed by atoms with Gasteiger partial charge in [0.05, 0.1) is 5.69 Å². The van der Waals surface area contributed by atoms with Crippen LogP contribution in [0, 0.1) is 0 Å². The van der Waals surface area contributed by atoms with Crippen LogP contribution in [0.15, 0.2) is 30.5 Å². The molecule has 0 saturated heterocycles. The van der Waals surface area contributed by atoms with E-state index < -0.39 is 0 Å². The van der Waals surface area contributed by atoms with Crippen molar-refractivity contribution in [2.45, 2.75) is 50.9 Å². The normalized spacial score (nSPS) is 20.8. The minimum absolute atomic E-state index is 0.124. The summed E-state index contributed by atoms with van der Waals surface area (Å²) in [7, 11) is 2.04. The number of amides is 2. The second-order valence-corrected chi connectivity index (χ2v) is 10.1. The SMILES string of the molecule is CN1Cc2nc(C(=O)N[C@@H]3CCCC[C@@H]3NC(=O)c3cc4ccc(Cl)cc4cn3)sc2C1. The monoisotopic (exact) mass is 469 g/mol. The molecule has 1 fully saturated rings. The first-order valence-corrected chi connectivity index (χ1v) is 12.0. The zero-order valence-electron chi connectivity index (χ0n) is 17.7. The highest BCUT2D eigenvalue weighted by Crippen LogP contribution is 2.28. The van der Waals surface area contributed by atoms with Crippen LogP contribution in [0.5, 0.6) is 0 Å². The van der Waals surface area contributed by atoms with Gasteiger partial charge in [0.15, 0.2) is 5.01 Å². The second kappa shape index (κ2) is 8.77. The molecule has 0 spiro atoms. The third kappa shape index (κ3) is 4.35. The van der Waals surface area contributed by atoms with Crippen LogP contribution in [0.2, 0.25) is 5.02 Å². The van der Waals surface area contributed by atoms with Crippen LogP contribution in [0.3, 0.4) is 0 Å². The average molecular weight is 470 g/mol. The maximum absolute atomic E-state index is 12.9. The second-order valence-electron chi connectivity index (χ2n) is 8.57. The number of pyridine rings is 1. The molecule has 1 saturated carbocycles. The van der Waals surface area contributed by atoms with Crippen molar-refractivity contribution in [2.75, 3.05) is 7.05 Å². The maximum atomic E-state index is 12.9. The summed E-state index contributed by atoms with van der Waals surface area (Å²) in [5, 5.41) is 9.16. The Morgan fingerprint density at radius 2 is 1.81 bits per heavy atom. The molecule has 3 aromatic rings. The number of rotatable bonds is 4.